The molecule has 0 aromatic heterocycles. The van der Waals surface area contributed by atoms with Crippen LogP contribution in [0.15, 0.2) is 23.1 Å². The van der Waals surface area contributed by atoms with Crippen molar-refractivity contribution < 1.29 is 22.7 Å². The first kappa shape index (κ1) is 20.1. The van der Waals surface area contributed by atoms with Crippen molar-refractivity contribution in [2.45, 2.75) is 30.6 Å². The maximum atomic E-state index is 12.8. The zero-order chi connectivity index (χ0) is 19.6. The summed E-state index contributed by atoms with van der Waals surface area (Å²) in [5.41, 5.74) is 0.286. The first-order valence-corrected chi connectivity index (χ1v) is 10.8. The van der Waals surface area contributed by atoms with Gasteiger partial charge in [-0.25, -0.2) is 8.42 Å². The number of ether oxygens (including phenoxy) is 1. The zero-order valence-electron chi connectivity index (χ0n) is 15.2. The molecule has 0 radical (unpaired) electrons. The van der Waals surface area contributed by atoms with Crippen LogP contribution in [0.4, 0.5) is 0 Å². The molecule has 0 atom stereocenters. The molecule has 3 rings (SSSR count). The third-order valence-electron chi connectivity index (χ3n) is 5.18. The predicted molar refractivity (Wildman–Crippen MR) is 100 cm³/mol. The average molecular weight is 415 g/mol. The Morgan fingerprint density at radius 3 is 2.33 bits per heavy atom. The summed E-state index contributed by atoms with van der Waals surface area (Å²) in [6.45, 7) is 1.79. The molecule has 0 N–H and O–H groups in total. The van der Waals surface area contributed by atoms with E-state index in [1.54, 1.807) is 11.0 Å². The molecule has 0 aliphatic carbocycles. The van der Waals surface area contributed by atoms with Crippen molar-refractivity contribution in [3.8, 4) is 0 Å². The summed E-state index contributed by atoms with van der Waals surface area (Å²) in [5.74, 6) is -0.712. The van der Waals surface area contributed by atoms with E-state index in [4.69, 9.17) is 16.3 Å². The summed E-state index contributed by atoms with van der Waals surface area (Å²) in [6, 6.07) is 4.36. The number of sulfonamides is 1. The molecule has 148 valence electrons. The van der Waals surface area contributed by atoms with Gasteiger partial charge in [0.2, 0.25) is 10.0 Å². The Morgan fingerprint density at radius 1 is 1.11 bits per heavy atom. The summed E-state index contributed by atoms with van der Waals surface area (Å²) in [4.78, 5) is 26.0. The van der Waals surface area contributed by atoms with Crippen LogP contribution >= 0.6 is 11.6 Å². The van der Waals surface area contributed by atoms with Crippen LogP contribution in [0, 0.1) is 5.92 Å². The van der Waals surface area contributed by atoms with Crippen LogP contribution in [-0.2, 0) is 19.6 Å². The van der Waals surface area contributed by atoms with Gasteiger partial charge in [0.25, 0.3) is 5.91 Å². The van der Waals surface area contributed by atoms with Gasteiger partial charge in [0.05, 0.1) is 18.1 Å². The van der Waals surface area contributed by atoms with E-state index < -0.39 is 10.0 Å². The summed E-state index contributed by atoms with van der Waals surface area (Å²) in [5, 5.41) is 0.114. The van der Waals surface area contributed by atoms with E-state index in [0.717, 1.165) is 12.8 Å². The number of halogens is 1. The largest absolute Gasteiger partial charge is 0.469 e. The van der Waals surface area contributed by atoms with Gasteiger partial charge in [0.1, 0.15) is 4.90 Å². The highest BCUT2D eigenvalue weighted by molar-refractivity contribution is 7.89. The first-order valence-electron chi connectivity index (χ1n) is 9.01. The Morgan fingerprint density at radius 2 is 1.74 bits per heavy atom. The number of esters is 1. The second kappa shape index (κ2) is 8.16. The molecule has 9 heteroatoms. The number of benzene rings is 1. The van der Waals surface area contributed by atoms with Gasteiger partial charge in [0, 0.05) is 31.7 Å². The predicted octanol–water partition coefficient (Wildman–Crippen LogP) is 2.15. The number of methoxy groups -OCH3 is 1. The molecule has 0 saturated carbocycles. The molecule has 2 aliphatic rings. The normalized spacial score (nSPS) is 19.3. The number of likely N-dealkylation sites (tertiary alicyclic amines) is 1. The summed E-state index contributed by atoms with van der Waals surface area (Å²) in [6.07, 6.45) is 2.71. The van der Waals surface area contributed by atoms with Crippen LogP contribution in [0.25, 0.3) is 0 Å². The second-order valence-electron chi connectivity index (χ2n) is 6.85. The minimum atomic E-state index is -3.71. The molecule has 1 aromatic carbocycles. The van der Waals surface area contributed by atoms with Crippen molar-refractivity contribution in [3.05, 3.63) is 28.8 Å². The molecule has 7 nitrogen and oxygen atoms in total. The number of carbonyl (C=O) groups excluding carboxylic acids is 2. The van der Waals surface area contributed by atoms with Crippen molar-refractivity contribution in [1.82, 2.24) is 9.21 Å². The Balaban J connectivity index is 1.78. The average Bonchev–Trinajstić information content (AvgIpc) is 3.23. The lowest BCUT2D eigenvalue weighted by Crippen LogP contribution is -2.40. The molecule has 1 amide bonds. The molecule has 2 aliphatic heterocycles. The maximum absolute atomic E-state index is 12.8. The SMILES string of the molecule is COC(=O)C1CCN(C(=O)c2ccc(Cl)c(S(=O)(=O)N3CCCC3)c2)CC1. The minimum Gasteiger partial charge on any atom is -0.469 e. The van der Waals surface area contributed by atoms with Crippen LogP contribution in [0.3, 0.4) is 0 Å². The summed E-state index contributed by atoms with van der Waals surface area (Å²) >= 11 is 6.14. The van der Waals surface area contributed by atoms with Gasteiger partial charge in [-0.15, -0.1) is 0 Å². The van der Waals surface area contributed by atoms with E-state index in [1.807, 2.05) is 0 Å². The third-order valence-corrected chi connectivity index (χ3v) is 7.56. The monoisotopic (exact) mass is 414 g/mol. The van der Waals surface area contributed by atoms with Crippen molar-refractivity contribution in [2.75, 3.05) is 33.3 Å². The quantitative estimate of drug-likeness (QED) is 0.705. The van der Waals surface area contributed by atoms with Crippen LogP contribution in [0.2, 0.25) is 5.02 Å². The highest BCUT2D eigenvalue weighted by Gasteiger charge is 2.32. The topological polar surface area (TPSA) is 84.0 Å². The second-order valence-corrected chi connectivity index (χ2v) is 9.16. The smallest absolute Gasteiger partial charge is 0.308 e. The maximum Gasteiger partial charge on any atom is 0.308 e. The molecular formula is C18H23ClN2O5S. The number of hydrogen-bond donors (Lipinski definition) is 0. The van der Waals surface area contributed by atoms with Crippen molar-refractivity contribution in [2.24, 2.45) is 5.92 Å². The molecule has 2 fully saturated rings. The fourth-order valence-corrected chi connectivity index (χ4v) is 5.59. The Labute approximate surface area is 164 Å². The van der Waals surface area contributed by atoms with E-state index in [-0.39, 0.29) is 33.3 Å². The summed E-state index contributed by atoms with van der Waals surface area (Å²) < 4.78 is 31.8. The first-order chi connectivity index (χ1) is 12.8. The number of piperidine rings is 1. The van der Waals surface area contributed by atoms with Gasteiger partial charge < -0.3 is 9.64 Å². The van der Waals surface area contributed by atoms with E-state index in [1.165, 1.54) is 23.5 Å². The molecule has 27 heavy (non-hydrogen) atoms. The fraction of sp³-hybridized carbons (Fsp3) is 0.556. The van der Waals surface area contributed by atoms with Gasteiger partial charge in [-0.1, -0.05) is 11.6 Å². The van der Waals surface area contributed by atoms with Crippen molar-refractivity contribution in [3.63, 3.8) is 0 Å². The number of carbonyl (C=O) groups is 2. The zero-order valence-corrected chi connectivity index (χ0v) is 16.8. The molecule has 0 spiro atoms. The van der Waals surface area contributed by atoms with Crippen LogP contribution in [0.1, 0.15) is 36.0 Å². The van der Waals surface area contributed by atoms with Gasteiger partial charge >= 0.3 is 5.97 Å². The Hall–Kier alpha value is -1.64. The van der Waals surface area contributed by atoms with Crippen molar-refractivity contribution in [1.29, 1.82) is 0 Å². The van der Waals surface area contributed by atoms with Gasteiger partial charge in [0.15, 0.2) is 0 Å². The fourth-order valence-electron chi connectivity index (χ4n) is 3.57. The van der Waals surface area contributed by atoms with Gasteiger partial charge in [-0.2, -0.15) is 4.31 Å². The number of hydrogen-bond acceptors (Lipinski definition) is 5. The number of amides is 1. The third kappa shape index (κ3) is 4.12. The number of nitrogens with zero attached hydrogens (tertiary/aromatic N) is 2. The van der Waals surface area contributed by atoms with E-state index in [2.05, 4.69) is 0 Å². The van der Waals surface area contributed by atoms with Crippen LogP contribution < -0.4 is 0 Å². The van der Waals surface area contributed by atoms with Crippen LogP contribution in [-0.4, -0.2) is 62.8 Å². The number of rotatable bonds is 4. The Kier molecular flexibility index (Phi) is 6.08. The van der Waals surface area contributed by atoms with E-state index in [0.29, 0.717) is 39.0 Å². The Bertz CT molecular complexity index is 828. The standard InChI is InChI=1S/C18H23ClN2O5S/c1-26-18(23)13-6-10-20(11-7-13)17(22)14-4-5-15(19)16(12-14)27(24,25)21-8-2-3-9-21/h4-5,12-13H,2-3,6-11H2,1H3. The van der Waals surface area contributed by atoms with E-state index in [9.17, 15) is 18.0 Å². The van der Waals surface area contributed by atoms with Gasteiger partial charge in [-0.3, -0.25) is 9.59 Å². The lowest BCUT2D eigenvalue weighted by molar-refractivity contribution is -0.146. The van der Waals surface area contributed by atoms with Crippen LogP contribution in [0.5, 0.6) is 0 Å². The molecule has 1 aromatic rings. The van der Waals surface area contributed by atoms with E-state index >= 15 is 0 Å². The minimum absolute atomic E-state index is 0.0265. The molecule has 2 saturated heterocycles. The van der Waals surface area contributed by atoms with Gasteiger partial charge in [-0.05, 0) is 43.9 Å². The molecule has 0 unspecified atom stereocenters. The van der Waals surface area contributed by atoms with Crippen molar-refractivity contribution >= 4 is 33.5 Å². The molecular weight excluding hydrogens is 392 g/mol. The highest BCUT2D eigenvalue weighted by atomic mass is 35.5. The summed E-state index contributed by atoms with van der Waals surface area (Å²) in [7, 11) is -2.35. The highest BCUT2D eigenvalue weighted by Crippen LogP contribution is 2.29. The lowest BCUT2D eigenvalue weighted by Gasteiger charge is -2.31. The molecule has 0 bridgehead atoms. The lowest BCUT2D eigenvalue weighted by atomic mass is 9.96. The molecule has 2 heterocycles.